The van der Waals surface area contributed by atoms with Crippen molar-refractivity contribution in [1.29, 1.82) is 0 Å². The summed E-state index contributed by atoms with van der Waals surface area (Å²) >= 11 is 0. The largest absolute Gasteiger partial charge is 0.466 e. The van der Waals surface area contributed by atoms with Crippen molar-refractivity contribution in [3.8, 4) is 0 Å². The molecule has 0 fully saturated rings. The van der Waals surface area contributed by atoms with Gasteiger partial charge in [-0.1, -0.05) is 33.6 Å². The number of carbonyl (C=O) groups is 2. The number of unbranched alkanes of at least 4 members (excludes halogenated alkanes) is 2. The third-order valence-corrected chi connectivity index (χ3v) is 2.96. The van der Waals surface area contributed by atoms with Gasteiger partial charge in [0.05, 0.1) is 13.2 Å². The number of hydrogen-bond donors (Lipinski definition) is 0. The summed E-state index contributed by atoms with van der Waals surface area (Å²) in [6.07, 6.45) is 6.19. The standard InChI is InChI=1S/C16H30O4/c1-4-5-6-12-19-15(17)10-7-11-16(18)20-13-8-9-14(2)3/h14H,4-13H2,1-3H3. The van der Waals surface area contributed by atoms with Crippen molar-refractivity contribution >= 4 is 11.9 Å². The van der Waals surface area contributed by atoms with Gasteiger partial charge in [-0.3, -0.25) is 9.59 Å². The average molecular weight is 286 g/mol. The van der Waals surface area contributed by atoms with Gasteiger partial charge >= 0.3 is 11.9 Å². The Balaban J connectivity index is 3.39. The second kappa shape index (κ2) is 12.9. The van der Waals surface area contributed by atoms with E-state index >= 15 is 0 Å². The molecule has 0 rings (SSSR count). The third kappa shape index (κ3) is 13.4. The van der Waals surface area contributed by atoms with Gasteiger partial charge in [-0.25, -0.2) is 0 Å². The predicted octanol–water partition coefficient (Wildman–Crippen LogP) is 3.87. The molecule has 0 atom stereocenters. The van der Waals surface area contributed by atoms with Gasteiger partial charge in [0.25, 0.3) is 0 Å². The molecule has 0 amide bonds. The first-order valence-electron chi connectivity index (χ1n) is 7.87. The molecule has 0 saturated carbocycles. The van der Waals surface area contributed by atoms with Gasteiger partial charge in [-0.15, -0.1) is 0 Å². The molecular weight excluding hydrogens is 256 g/mol. The van der Waals surface area contributed by atoms with E-state index in [1.54, 1.807) is 0 Å². The SMILES string of the molecule is CCCCCOC(=O)CCCC(=O)OCCCC(C)C. The van der Waals surface area contributed by atoms with Crippen molar-refractivity contribution < 1.29 is 19.1 Å². The second-order valence-electron chi connectivity index (χ2n) is 5.54. The molecule has 0 aromatic heterocycles. The Hall–Kier alpha value is -1.06. The zero-order valence-corrected chi connectivity index (χ0v) is 13.3. The summed E-state index contributed by atoms with van der Waals surface area (Å²) in [5.41, 5.74) is 0. The van der Waals surface area contributed by atoms with Crippen LogP contribution in [0.5, 0.6) is 0 Å². The van der Waals surface area contributed by atoms with Crippen molar-refractivity contribution in [2.45, 2.75) is 72.1 Å². The van der Waals surface area contributed by atoms with E-state index in [0.29, 0.717) is 38.4 Å². The lowest BCUT2D eigenvalue weighted by Crippen LogP contribution is -2.09. The first-order valence-corrected chi connectivity index (χ1v) is 7.87. The summed E-state index contributed by atoms with van der Waals surface area (Å²) in [7, 11) is 0. The average Bonchev–Trinajstić information content (AvgIpc) is 2.39. The minimum absolute atomic E-state index is 0.214. The van der Waals surface area contributed by atoms with E-state index in [-0.39, 0.29) is 11.9 Å². The van der Waals surface area contributed by atoms with Gasteiger partial charge in [-0.2, -0.15) is 0 Å². The third-order valence-electron chi connectivity index (χ3n) is 2.96. The highest BCUT2D eigenvalue weighted by molar-refractivity contribution is 5.72. The van der Waals surface area contributed by atoms with Crippen LogP contribution in [0.2, 0.25) is 0 Å². The summed E-state index contributed by atoms with van der Waals surface area (Å²) in [6.45, 7) is 7.38. The van der Waals surface area contributed by atoms with Crippen LogP contribution < -0.4 is 0 Å². The molecule has 0 spiro atoms. The first kappa shape index (κ1) is 18.9. The maximum atomic E-state index is 11.4. The fourth-order valence-electron chi connectivity index (χ4n) is 1.74. The number of ether oxygens (including phenoxy) is 2. The second-order valence-corrected chi connectivity index (χ2v) is 5.54. The summed E-state index contributed by atoms with van der Waals surface area (Å²) in [4.78, 5) is 22.7. The summed E-state index contributed by atoms with van der Waals surface area (Å²) < 4.78 is 10.2. The quantitative estimate of drug-likeness (QED) is 0.404. The van der Waals surface area contributed by atoms with E-state index in [4.69, 9.17) is 9.47 Å². The van der Waals surface area contributed by atoms with Gasteiger partial charge in [0.2, 0.25) is 0 Å². The van der Waals surface area contributed by atoms with Crippen LogP contribution in [-0.4, -0.2) is 25.2 Å². The molecular formula is C16H30O4. The Kier molecular flexibility index (Phi) is 12.3. The van der Waals surface area contributed by atoms with Gasteiger partial charge in [0.15, 0.2) is 0 Å². The van der Waals surface area contributed by atoms with Gasteiger partial charge in [-0.05, 0) is 31.6 Å². The van der Waals surface area contributed by atoms with E-state index in [1.807, 2.05) is 0 Å². The molecule has 20 heavy (non-hydrogen) atoms. The molecule has 0 aliphatic rings. The topological polar surface area (TPSA) is 52.6 Å². The highest BCUT2D eigenvalue weighted by Crippen LogP contribution is 2.05. The van der Waals surface area contributed by atoms with Gasteiger partial charge in [0.1, 0.15) is 0 Å². The van der Waals surface area contributed by atoms with Crippen LogP contribution in [-0.2, 0) is 19.1 Å². The van der Waals surface area contributed by atoms with E-state index in [1.165, 1.54) is 0 Å². The Morgan fingerprint density at radius 1 is 0.850 bits per heavy atom. The van der Waals surface area contributed by atoms with Crippen LogP contribution >= 0.6 is 0 Å². The summed E-state index contributed by atoms with van der Waals surface area (Å²) in [6, 6.07) is 0. The van der Waals surface area contributed by atoms with E-state index < -0.39 is 0 Å². The van der Waals surface area contributed by atoms with Crippen LogP contribution in [0.4, 0.5) is 0 Å². The van der Waals surface area contributed by atoms with Crippen LogP contribution in [0.25, 0.3) is 0 Å². The summed E-state index contributed by atoms with van der Waals surface area (Å²) in [5.74, 6) is 0.206. The van der Waals surface area contributed by atoms with Crippen molar-refractivity contribution in [2.75, 3.05) is 13.2 Å². The maximum absolute atomic E-state index is 11.4. The molecule has 0 saturated heterocycles. The molecule has 0 aromatic carbocycles. The predicted molar refractivity (Wildman–Crippen MR) is 79.4 cm³/mol. The zero-order valence-electron chi connectivity index (χ0n) is 13.3. The molecule has 0 aliphatic heterocycles. The fraction of sp³-hybridized carbons (Fsp3) is 0.875. The van der Waals surface area contributed by atoms with Crippen LogP contribution in [0.15, 0.2) is 0 Å². The van der Waals surface area contributed by atoms with Crippen molar-refractivity contribution in [3.63, 3.8) is 0 Å². The monoisotopic (exact) mass is 286 g/mol. The first-order chi connectivity index (χ1) is 9.56. The smallest absolute Gasteiger partial charge is 0.305 e. The van der Waals surface area contributed by atoms with Gasteiger partial charge in [0, 0.05) is 12.8 Å². The number of hydrogen-bond acceptors (Lipinski definition) is 4. The Morgan fingerprint density at radius 3 is 1.90 bits per heavy atom. The molecule has 118 valence electrons. The fourth-order valence-corrected chi connectivity index (χ4v) is 1.74. The molecule has 0 bridgehead atoms. The number of rotatable bonds is 12. The highest BCUT2D eigenvalue weighted by Gasteiger charge is 2.07. The number of esters is 2. The molecule has 0 aliphatic carbocycles. The lowest BCUT2D eigenvalue weighted by molar-refractivity contribution is -0.145. The molecule has 0 N–H and O–H groups in total. The molecule has 0 radical (unpaired) electrons. The minimum Gasteiger partial charge on any atom is -0.466 e. The lowest BCUT2D eigenvalue weighted by Gasteiger charge is -2.06. The molecule has 0 aromatic rings. The molecule has 0 heterocycles. The zero-order chi connectivity index (χ0) is 15.2. The lowest BCUT2D eigenvalue weighted by atomic mass is 10.1. The van der Waals surface area contributed by atoms with Crippen molar-refractivity contribution in [2.24, 2.45) is 5.92 Å². The van der Waals surface area contributed by atoms with E-state index in [0.717, 1.165) is 32.1 Å². The maximum Gasteiger partial charge on any atom is 0.305 e. The Bertz CT molecular complexity index is 261. The van der Waals surface area contributed by atoms with Crippen LogP contribution in [0.1, 0.15) is 72.1 Å². The van der Waals surface area contributed by atoms with E-state index in [2.05, 4.69) is 20.8 Å². The van der Waals surface area contributed by atoms with E-state index in [9.17, 15) is 9.59 Å². The minimum atomic E-state index is -0.215. The normalized spacial score (nSPS) is 10.6. The van der Waals surface area contributed by atoms with Crippen molar-refractivity contribution in [1.82, 2.24) is 0 Å². The van der Waals surface area contributed by atoms with Gasteiger partial charge < -0.3 is 9.47 Å². The van der Waals surface area contributed by atoms with Crippen LogP contribution in [0, 0.1) is 5.92 Å². The highest BCUT2D eigenvalue weighted by atomic mass is 16.5. The molecule has 4 nitrogen and oxygen atoms in total. The number of carbonyl (C=O) groups excluding carboxylic acids is 2. The Labute approximate surface area is 123 Å². The summed E-state index contributed by atoms with van der Waals surface area (Å²) in [5, 5.41) is 0. The molecule has 4 heteroatoms. The Morgan fingerprint density at radius 2 is 1.40 bits per heavy atom. The molecule has 0 unspecified atom stereocenters. The van der Waals surface area contributed by atoms with Crippen molar-refractivity contribution in [3.05, 3.63) is 0 Å². The van der Waals surface area contributed by atoms with Crippen LogP contribution in [0.3, 0.4) is 0 Å².